The lowest BCUT2D eigenvalue weighted by Crippen LogP contribution is -2.34. The Morgan fingerprint density at radius 2 is 1.85 bits per heavy atom. The second-order valence-electron chi connectivity index (χ2n) is 7.58. The molecule has 184 valence electrons. The molecule has 0 unspecified atom stereocenters. The molecule has 33 heavy (non-hydrogen) atoms. The minimum Gasteiger partial charge on any atom is -0.477 e. The fraction of sp³-hybridized carbons (Fsp3) is 0.545. The molecular weight excluding hydrogens is 489 g/mol. The topological polar surface area (TPSA) is 99.5 Å². The molecule has 0 saturated heterocycles. The molecule has 1 heterocycles. The van der Waals surface area contributed by atoms with Crippen LogP contribution in [0.15, 0.2) is 24.3 Å². The number of unbranched alkanes of at least 4 members (excludes halogenated alkanes) is 3. The number of rotatable bonds is 14. The molecule has 1 aromatic carbocycles. The third kappa shape index (κ3) is 9.81. The number of benzene rings is 1. The van der Waals surface area contributed by atoms with Gasteiger partial charge in [-0.2, -0.15) is 0 Å². The lowest BCUT2D eigenvalue weighted by molar-refractivity contribution is 0.150. The molecule has 2 rings (SSSR count). The number of amides is 1. The molecule has 0 spiro atoms. The first-order valence-corrected chi connectivity index (χ1v) is 13.5. The van der Waals surface area contributed by atoms with Gasteiger partial charge in [-0.15, -0.1) is 5.10 Å². The van der Waals surface area contributed by atoms with Crippen molar-refractivity contribution in [2.24, 2.45) is 0 Å². The van der Waals surface area contributed by atoms with Crippen molar-refractivity contribution in [3.8, 4) is 5.88 Å². The van der Waals surface area contributed by atoms with Crippen molar-refractivity contribution in [2.45, 2.75) is 58.9 Å². The van der Waals surface area contributed by atoms with Crippen LogP contribution < -0.4 is 9.46 Å². The molecule has 0 aliphatic carbocycles. The van der Waals surface area contributed by atoms with E-state index >= 15 is 0 Å². The average Bonchev–Trinajstić information content (AvgIpc) is 3.13. The Balaban J connectivity index is 2.07. The average molecular weight is 520 g/mol. The number of hydrogen-bond donors (Lipinski definition) is 1. The van der Waals surface area contributed by atoms with Crippen molar-refractivity contribution in [3.63, 3.8) is 0 Å². The molecule has 1 aromatic heterocycles. The van der Waals surface area contributed by atoms with Crippen LogP contribution in [0.3, 0.4) is 0 Å². The van der Waals surface area contributed by atoms with E-state index in [-0.39, 0.29) is 18.8 Å². The number of aromatic nitrogens is 2. The zero-order chi connectivity index (χ0) is 24.3. The summed E-state index contributed by atoms with van der Waals surface area (Å²) < 4.78 is 39.0. The van der Waals surface area contributed by atoms with Crippen LogP contribution in [-0.4, -0.2) is 43.3 Å². The number of aryl methyl sites for hydroxylation is 1. The second kappa shape index (κ2) is 13.7. The van der Waals surface area contributed by atoms with Crippen molar-refractivity contribution in [3.05, 3.63) is 45.6 Å². The first kappa shape index (κ1) is 27.3. The van der Waals surface area contributed by atoms with Crippen molar-refractivity contribution in [2.75, 3.05) is 19.0 Å². The van der Waals surface area contributed by atoms with Gasteiger partial charge >= 0.3 is 6.09 Å². The van der Waals surface area contributed by atoms with Crippen LogP contribution in [-0.2, 0) is 27.7 Å². The van der Waals surface area contributed by atoms with Crippen LogP contribution in [0.4, 0.5) is 4.79 Å². The Bertz CT molecular complexity index is 1010. The largest absolute Gasteiger partial charge is 0.477 e. The minimum atomic E-state index is -3.89. The summed E-state index contributed by atoms with van der Waals surface area (Å²) in [7, 11) is -3.89. The fourth-order valence-electron chi connectivity index (χ4n) is 2.93. The van der Waals surface area contributed by atoms with Gasteiger partial charge in [-0.3, -0.25) is 4.68 Å². The van der Waals surface area contributed by atoms with E-state index in [9.17, 15) is 13.2 Å². The molecule has 1 amide bonds. The highest BCUT2D eigenvalue weighted by Crippen LogP contribution is 2.23. The highest BCUT2D eigenvalue weighted by Gasteiger charge is 2.19. The zero-order valence-electron chi connectivity index (χ0n) is 19.0. The number of sulfonamides is 1. The second-order valence-corrected chi connectivity index (χ2v) is 10.3. The number of nitrogens with zero attached hydrogens (tertiary/aromatic N) is 2. The standard InChI is InChI=1S/C22H31Cl2N3O5S/c1-3-5-7-12-32-22(28)26-33(29,30)13-10-19-15-21(31-11-6-4-2)25-27(19)16-17-8-9-18(23)14-20(17)24/h8-9,14-15H,3-7,10-13,16H2,1-2H3,(H,26,28). The maximum Gasteiger partial charge on any atom is 0.420 e. The van der Waals surface area contributed by atoms with Crippen LogP contribution in [0.1, 0.15) is 57.2 Å². The molecule has 0 fully saturated rings. The normalized spacial score (nSPS) is 11.4. The highest BCUT2D eigenvalue weighted by molar-refractivity contribution is 7.90. The molecule has 0 aliphatic heterocycles. The quantitative estimate of drug-likeness (QED) is 0.344. The predicted octanol–water partition coefficient (Wildman–Crippen LogP) is 5.21. The maximum absolute atomic E-state index is 12.4. The van der Waals surface area contributed by atoms with Crippen LogP contribution in [0.5, 0.6) is 5.88 Å². The summed E-state index contributed by atoms with van der Waals surface area (Å²) in [6.07, 6.45) is 3.59. The summed E-state index contributed by atoms with van der Waals surface area (Å²) in [6, 6.07) is 6.87. The van der Waals surface area contributed by atoms with E-state index in [0.717, 1.165) is 31.2 Å². The van der Waals surface area contributed by atoms with Gasteiger partial charge in [0.25, 0.3) is 0 Å². The van der Waals surface area contributed by atoms with Crippen molar-refractivity contribution in [1.82, 2.24) is 14.5 Å². The summed E-state index contributed by atoms with van der Waals surface area (Å²) in [4.78, 5) is 11.8. The Morgan fingerprint density at radius 3 is 2.55 bits per heavy atom. The molecule has 2 aromatic rings. The van der Waals surface area contributed by atoms with E-state index < -0.39 is 16.1 Å². The van der Waals surface area contributed by atoms with E-state index in [4.69, 9.17) is 32.7 Å². The summed E-state index contributed by atoms with van der Waals surface area (Å²) >= 11 is 12.3. The third-order valence-electron chi connectivity index (χ3n) is 4.77. The monoisotopic (exact) mass is 519 g/mol. The summed E-state index contributed by atoms with van der Waals surface area (Å²) in [5.74, 6) is 0.0927. The number of ether oxygens (including phenoxy) is 2. The van der Waals surface area contributed by atoms with E-state index in [1.54, 1.807) is 28.9 Å². The molecule has 11 heteroatoms. The predicted molar refractivity (Wildman–Crippen MR) is 130 cm³/mol. The van der Waals surface area contributed by atoms with Gasteiger partial charge in [-0.25, -0.2) is 17.9 Å². The van der Waals surface area contributed by atoms with E-state index in [1.807, 2.05) is 11.6 Å². The fourth-order valence-corrected chi connectivity index (χ4v) is 4.29. The Kier molecular flexibility index (Phi) is 11.3. The Morgan fingerprint density at radius 1 is 1.09 bits per heavy atom. The van der Waals surface area contributed by atoms with Crippen LogP contribution in [0, 0.1) is 0 Å². The SMILES string of the molecule is CCCCCOC(=O)NS(=O)(=O)CCc1cc(OCCCC)nn1Cc1ccc(Cl)cc1Cl. The van der Waals surface area contributed by atoms with E-state index in [2.05, 4.69) is 12.0 Å². The molecule has 0 saturated carbocycles. The lowest BCUT2D eigenvalue weighted by Gasteiger charge is -2.10. The number of halogens is 2. The lowest BCUT2D eigenvalue weighted by atomic mass is 10.2. The number of nitrogens with one attached hydrogen (secondary N) is 1. The zero-order valence-corrected chi connectivity index (χ0v) is 21.3. The molecule has 8 nitrogen and oxygen atoms in total. The number of carbonyl (C=O) groups excluding carboxylic acids is 1. The molecule has 0 atom stereocenters. The van der Waals surface area contributed by atoms with Gasteiger partial charge in [0, 0.05) is 28.2 Å². The van der Waals surface area contributed by atoms with Crippen LogP contribution in [0.25, 0.3) is 0 Å². The van der Waals surface area contributed by atoms with Gasteiger partial charge in [0.15, 0.2) is 0 Å². The summed E-state index contributed by atoms with van der Waals surface area (Å²) in [6.45, 7) is 5.09. The Labute approximate surface area is 205 Å². The van der Waals surface area contributed by atoms with Gasteiger partial charge in [0.2, 0.25) is 15.9 Å². The molecule has 0 aliphatic rings. The molecule has 1 N–H and O–H groups in total. The Hall–Kier alpha value is -1.97. The van der Waals surface area contributed by atoms with Crippen molar-refractivity contribution < 1.29 is 22.7 Å². The first-order valence-electron chi connectivity index (χ1n) is 11.0. The van der Waals surface area contributed by atoms with Gasteiger partial charge in [-0.05, 0) is 30.5 Å². The first-order chi connectivity index (χ1) is 15.7. The van der Waals surface area contributed by atoms with Crippen molar-refractivity contribution in [1.29, 1.82) is 0 Å². The number of carbonyl (C=O) groups is 1. The van der Waals surface area contributed by atoms with Crippen LogP contribution >= 0.6 is 23.2 Å². The van der Waals surface area contributed by atoms with Gasteiger partial charge in [0.05, 0.1) is 25.5 Å². The minimum absolute atomic E-state index is 0.119. The summed E-state index contributed by atoms with van der Waals surface area (Å²) in [5.41, 5.74) is 1.41. The number of hydrogen-bond acceptors (Lipinski definition) is 6. The smallest absolute Gasteiger partial charge is 0.420 e. The van der Waals surface area contributed by atoms with Crippen LogP contribution in [0.2, 0.25) is 10.0 Å². The molecular formula is C22H31Cl2N3O5S. The van der Waals surface area contributed by atoms with E-state index in [0.29, 0.717) is 41.2 Å². The van der Waals surface area contributed by atoms with Gasteiger partial charge in [-0.1, -0.05) is 62.4 Å². The summed E-state index contributed by atoms with van der Waals surface area (Å²) in [5, 5.41) is 5.46. The highest BCUT2D eigenvalue weighted by atomic mass is 35.5. The third-order valence-corrected chi connectivity index (χ3v) is 6.58. The molecule has 0 radical (unpaired) electrons. The molecule has 0 bridgehead atoms. The van der Waals surface area contributed by atoms with Gasteiger partial charge < -0.3 is 9.47 Å². The maximum atomic E-state index is 12.4. The van der Waals surface area contributed by atoms with Crippen molar-refractivity contribution >= 4 is 39.3 Å². The van der Waals surface area contributed by atoms with Gasteiger partial charge in [0.1, 0.15) is 0 Å². The van der Waals surface area contributed by atoms with E-state index in [1.165, 1.54) is 0 Å².